The summed E-state index contributed by atoms with van der Waals surface area (Å²) in [5.41, 5.74) is 0.892. The van der Waals surface area contributed by atoms with Gasteiger partial charge in [-0.15, -0.1) is 0 Å². The number of nitro benzene ring substituents is 1. The Bertz CT molecular complexity index is 1330. The summed E-state index contributed by atoms with van der Waals surface area (Å²) >= 11 is 0. The van der Waals surface area contributed by atoms with Crippen LogP contribution in [0.1, 0.15) is 52.5 Å². The van der Waals surface area contributed by atoms with Crippen molar-refractivity contribution < 1.29 is 39.1 Å². The number of nitro groups is 1. The van der Waals surface area contributed by atoms with E-state index in [9.17, 15) is 39.2 Å². The van der Waals surface area contributed by atoms with Crippen molar-refractivity contribution in [1.82, 2.24) is 16.0 Å². The van der Waals surface area contributed by atoms with E-state index in [1.165, 1.54) is 36.4 Å². The lowest BCUT2D eigenvalue weighted by Gasteiger charge is -2.26. The predicted octanol–water partition coefficient (Wildman–Crippen LogP) is 2.50. The van der Waals surface area contributed by atoms with E-state index in [2.05, 4.69) is 21.3 Å². The topological polar surface area (TPSA) is 217 Å². The van der Waals surface area contributed by atoms with E-state index in [0.29, 0.717) is 11.3 Å². The number of aromatic hydroxyl groups is 1. The molecule has 0 aliphatic heterocycles. The zero-order valence-corrected chi connectivity index (χ0v) is 25.0. The van der Waals surface area contributed by atoms with Crippen LogP contribution >= 0.6 is 0 Å². The summed E-state index contributed by atoms with van der Waals surface area (Å²) in [5.74, 6) is -4.40. The van der Waals surface area contributed by atoms with Crippen LogP contribution in [0.15, 0.2) is 48.5 Å². The number of carbonyl (C=O) groups is 5. The summed E-state index contributed by atoms with van der Waals surface area (Å²) in [6.45, 7) is 7.15. The molecule has 0 fully saturated rings. The van der Waals surface area contributed by atoms with Crippen LogP contribution in [0.2, 0.25) is 0 Å². The molecular weight excluding hydrogens is 574 g/mol. The van der Waals surface area contributed by atoms with Crippen molar-refractivity contribution in [1.29, 1.82) is 0 Å². The van der Waals surface area contributed by atoms with Crippen LogP contribution in [0.4, 0.5) is 11.4 Å². The van der Waals surface area contributed by atoms with Crippen molar-refractivity contribution in [3.63, 3.8) is 0 Å². The third-order valence-electron chi connectivity index (χ3n) is 6.53. The molecule has 2 aromatic carbocycles. The number of amides is 4. The van der Waals surface area contributed by atoms with Gasteiger partial charge in [0.15, 0.2) is 0 Å². The first-order valence-electron chi connectivity index (χ1n) is 14.1. The molecule has 238 valence electrons. The highest BCUT2D eigenvalue weighted by molar-refractivity contribution is 6.02. The molecule has 14 nitrogen and oxygen atoms in total. The van der Waals surface area contributed by atoms with E-state index >= 15 is 0 Å². The molecule has 4 amide bonds. The quantitative estimate of drug-likeness (QED) is 0.120. The van der Waals surface area contributed by atoms with Crippen LogP contribution in [0, 0.1) is 22.0 Å². The Morgan fingerprint density at radius 1 is 0.818 bits per heavy atom. The van der Waals surface area contributed by atoms with Gasteiger partial charge in [-0.3, -0.25) is 39.4 Å². The summed E-state index contributed by atoms with van der Waals surface area (Å²) in [6.07, 6.45) is -0.664. The van der Waals surface area contributed by atoms with Crippen LogP contribution in [-0.4, -0.2) is 62.9 Å². The predicted molar refractivity (Wildman–Crippen MR) is 160 cm³/mol. The molecule has 0 unspecified atom stereocenters. The molecule has 0 heterocycles. The molecule has 0 aliphatic carbocycles. The lowest BCUT2D eigenvalue weighted by atomic mass is 9.99. The van der Waals surface area contributed by atoms with Gasteiger partial charge in [-0.2, -0.15) is 0 Å². The summed E-state index contributed by atoms with van der Waals surface area (Å²) in [6, 6.07) is 8.15. The second kappa shape index (κ2) is 16.6. The van der Waals surface area contributed by atoms with E-state index < -0.39 is 59.1 Å². The third-order valence-corrected chi connectivity index (χ3v) is 6.53. The number of hydrogen-bond donors (Lipinski definition) is 6. The summed E-state index contributed by atoms with van der Waals surface area (Å²) < 4.78 is 0. The number of carboxylic acid groups (broad SMARTS) is 1. The number of non-ortho nitro benzene ring substituents is 1. The molecule has 0 bridgehead atoms. The Labute approximate surface area is 254 Å². The van der Waals surface area contributed by atoms with Gasteiger partial charge in [-0.05, 0) is 48.1 Å². The maximum atomic E-state index is 13.4. The SMILES string of the molecule is CC(C)C[C@H](NC(=O)[C@H](Cc1ccc(O)cc1)NC(=O)CCC(=O)O)C(=O)NC(=O)[C@@H](Nc1ccc([N+](=O)[O-])cc1)C(C)C. The highest BCUT2D eigenvalue weighted by Crippen LogP contribution is 2.18. The zero-order chi connectivity index (χ0) is 33.0. The molecule has 2 rings (SSSR count). The van der Waals surface area contributed by atoms with E-state index in [1.807, 2.05) is 13.8 Å². The minimum absolute atomic E-state index is 0.00125. The molecule has 14 heteroatoms. The standard InChI is InChI=1S/C30H39N5O9/c1-17(2)15-23(29(41)34-30(42)27(18(3)4)31-20-7-9-21(10-8-20)35(43)44)33-28(40)24(32-25(37)13-14-26(38)39)16-19-5-11-22(36)12-6-19/h5-12,17-18,23-24,27,31,36H,13-16H2,1-4H3,(H,32,37)(H,33,40)(H,38,39)(H,34,41,42)/t23-,24-,27-/m0/s1. The Hall–Kier alpha value is -5.01. The Kier molecular flexibility index (Phi) is 13.3. The highest BCUT2D eigenvalue weighted by Gasteiger charge is 2.31. The molecule has 0 aromatic heterocycles. The first kappa shape index (κ1) is 35.2. The molecule has 6 N–H and O–H groups in total. The highest BCUT2D eigenvalue weighted by atomic mass is 16.6. The molecule has 3 atom stereocenters. The molecule has 0 saturated heterocycles. The zero-order valence-electron chi connectivity index (χ0n) is 25.0. The molecule has 44 heavy (non-hydrogen) atoms. The van der Waals surface area contributed by atoms with Crippen LogP contribution in [0.3, 0.4) is 0 Å². The van der Waals surface area contributed by atoms with Crippen molar-refractivity contribution in [3.8, 4) is 5.75 Å². The number of phenols is 1. The molecule has 0 aliphatic rings. The smallest absolute Gasteiger partial charge is 0.303 e. The lowest BCUT2D eigenvalue weighted by molar-refractivity contribution is -0.384. The second-order valence-electron chi connectivity index (χ2n) is 11.1. The van der Waals surface area contributed by atoms with E-state index in [0.717, 1.165) is 0 Å². The number of carbonyl (C=O) groups excluding carboxylic acids is 4. The van der Waals surface area contributed by atoms with Gasteiger partial charge in [0.1, 0.15) is 23.9 Å². The molecular formula is C30H39N5O9. The first-order valence-corrected chi connectivity index (χ1v) is 14.1. The fraction of sp³-hybridized carbons (Fsp3) is 0.433. The minimum Gasteiger partial charge on any atom is -0.508 e. The molecule has 0 spiro atoms. The van der Waals surface area contributed by atoms with Crippen molar-refractivity contribution in [2.75, 3.05) is 5.32 Å². The second-order valence-corrected chi connectivity index (χ2v) is 11.1. The number of phenolic OH excluding ortho intramolecular Hbond substituents is 1. The number of nitrogens with zero attached hydrogens (tertiary/aromatic N) is 1. The summed E-state index contributed by atoms with van der Waals surface area (Å²) in [7, 11) is 0. The lowest BCUT2D eigenvalue weighted by Crippen LogP contribution is -2.56. The van der Waals surface area contributed by atoms with Gasteiger partial charge in [0.05, 0.1) is 11.3 Å². The maximum absolute atomic E-state index is 13.4. The van der Waals surface area contributed by atoms with E-state index in [-0.39, 0.29) is 42.5 Å². The average molecular weight is 614 g/mol. The minimum atomic E-state index is -1.19. The summed E-state index contributed by atoms with van der Waals surface area (Å²) in [5, 5.41) is 39.9. The van der Waals surface area contributed by atoms with Gasteiger partial charge in [-0.25, -0.2) is 0 Å². The Morgan fingerprint density at radius 2 is 1.43 bits per heavy atom. The van der Waals surface area contributed by atoms with Gasteiger partial charge in [0.25, 0.3) is 5.69 Å². The number of hydrogen-bond acceptors (Lipinski definition) is 9. The molecule has 0 radical (unpaired) electrons. The van der Waals surface area contributed by atoms with E-state index in [1.54, 1.807) is 26.0 Å². The normalized spacial score (nSPS) is 13.0. The Morgan fingerprint density at radius 3 is 1.95 bits per heavy atom. The van der Waals surface area contributed by atoms with E-state index in [4.69, 9.17) is 5.11 Å². The fourth-order valence-corrected chi connectivity index (χ4v) is 4.22. The van der Waals surface area contributed by atoms with Crippen LogP contribution in [0.25, 0.3) is 0 Å². The van der Waals surface area contributed by atoms with Gasteiger partial charge >= 0.3 is 5.97 Å². The van der Waals surface area contributed by atoms with Gasteiger partial charge < -0.3 is 26.2 Å². The van der Waals surface area contributed by atoms with Crippen molar-refractivity contribution >= 4 is 41.0 Å². The number of nitrogens with one attached hydrogen (secondary N) is 4. The van der Waals surface area contributed by atoms with Crippen molar-refractivity contribution in [2.24, 2.45) is 11.8 Å². The average Bonchev–Trinajstić information content (AvgIpc) is 2.94. The van der Waals surface area contributed by atoms with Crippen molar-refractivity contribution in [3.05, 3.63) is 64.2 Å². The fourth-order valence-electron chi connectivity index (χ4n) is 4.22. The maximum Gasteiger partial charge on any atom is 0.303 e. The monoisotopic (exact) mass is 613 g/mol. The molecule has 0 saturated carbocycles. The largest absolute Gasteiger partial charge is 0.508 e. The molecule has 2 aromatic rings. The summed E-state index contributed by atoms with van der Waals surface area (Å²) in [4.78, 5) is 73.6. The van der Waals surface area contributed by atoms with Crippen molar-refractivity contribution in [2.45, 2.75) is 71.5 Å². The number of imide groups is 1. The number of benzene rings is 2. The third kappa shape index (κ3) is 11.7. The van der Waals surface area contributed by atoms with Crippen LogP contribution in [0.5, 0.6) is 5.75 Å². The number of rotatable bonds is 16. The number of carboxylic acids is 1. The van der Waals surface area contributed by atoms with Crippen LogP contribution in [-0.2, 0) is 30.4 Å². The van der Waals surface area contributed by atoms with Crippen LogP contribution < -0.4 is 21.3 Å². The van der Waals surface area contributed by atoms with Gasteiger partial charge in [-0.1, -0.05) is 39.8 Å². The number of anilines is 1. The van der Waals surface area contributed by atoms with Gasteiger partial charge in [0, 0.05) is 30.7 Å². The Balaban J connectivity index is 2.20. The first-order chi connectivity index (χ1) is 20.7. The van der Waals surface area contributed by atoms with Gasteiger partial charge in [0.2, 0.25) is 23.6 Å². The number of aliphatic carboxylic acids is 1.